The van der Waals surface area contributed by atoms with E-state index in [0.717, 1.165) is 17.0 Å². The first kappa shape index (κ1) is 14.8. The van der Waals surface area contributed by atoms with Crippen molar-refractivity contribution in [2.75, 3.05) is 0 Å². The van der Waals surface area contributed by atoms with Gasteiger partial charge in [-0.3, -0.25) is 0 Å². The van der Waals surface area contributed by atoms with Crippen LogP contribution in [0.25, 0.3) is 0 Å². The first-order valence-electron chi connectivity index (χ1n) is 6.87. The number of imidazole rings is 1. The molecule has 0 aliphatic carbocycles. The summed E-state index contributed by atoms with van der Waals surface area (Å²) in [6.45, 7) is 5.35. The van der Waals surface area contributed by atoms with Crippen molar-refractivity contribution >= 4 is 0 Å². The minimum atomic E-state index is -0.348. The second-order valence-electron chi connectivity index (χ2n) is 5.66. The number of nitrogens with zero attached hydrogens (tertiary/aromatic N) is 2. The smallest absolute Gasteiger partial charge is 0.288 e. The van der Waals surface area contributed by atoms with E-state index in [1.165, 1.54) is 0 Å². The van der Waals surface area contributed by atoms with Crippen molar-refractivity contribution in [2.24, 2.45) is 19.8 Å². The fraction of sp³-hybridized carbons (Fsp3) is 0.438. The number of benzene rings is 1. The summed E-state index contributed by atoms with van der Waals surface area (Å²) in [5.41, 5.74) is 7.56. The van der Waals surface area contributed by atoms with Gasteiger partial charge in [-0.25, -0.2) is 9.13 Å². The monoisotopic (exact) mass is 274 g/mol. The van der Waals surface area contributed by atoms with Crippen molar-refractivity contribution in [1.82, 2.24) is 4.57 Å². The second-order valence-corrected chi connectivity index (χ2v) is 5.66. The highest BCUT2D eigenvalue weighted by atomic mass is 16.5. The summed E-state index contributed by atoms with van der Waals surface area (Å²) >= 11 is 0. The Hall–Kier alpha value is -1.65. The number of ether oxygens (including phenoxy) is 1. The third-order valence-electron chi connectivity index (χ3n) is 3.58. The molecule has 0 spiro atoms. The zero-order valence-corrected chi connectivity index (χ0v) is 12.8. The van der Waals surface area contributed by atoms with Gasteiger partial charge in [0, 0.05) is 6.54 Å². The molecule has 0 saturated heterocycles. The fourth-order valence-corrected chi connectivity index (χ4v) is 2.54. The first-order chi connectivity index (χ1) is 9.44. The van der Waals surface area contributed by atoms with Crippen molar-refractivity contribution in [1.29, 1.82) is 0 Å². The van der Waals surface area contributed by atoms with Crippen molar-refractivity contribution in [2.45, 2.75) is 32.6 Å². The van der Waals surface area contributed by atoms with E-state index in [1.807, 2.05) is 38.6 Å². The lowest BCUT2D eigenvalue weighted by molar-refractivity contribution is -0.686. The lowest BCUT2D eigenvalue weighted by Gasteiger charge is -2.22. The molecule has 2 rings (SSSR count). The second kappa shape index (κ2) is 5.77. The summed E-state index contributed by atoms with van der Waals surface area (Å²) in [6.07, 6.45) is 4.08. The predicted octanol–water partition coefficient (Wildman–Crippen LogP) is 1.76. The van der Waals surface area contributed by atoms with Gasteiger partial charge in [0.15, 0.2) is 5.60 Å². The molecular formula is C16H24N3O+. The Morgan fingerprint density at radius 2 is 1.80 bits per heavy atom. The predicted molar refractivity (Wildman–Crippen MR) is 78.7 cm³/mol. The van der Waals surface area contributed by atoms with E-state index in [1.54, 1.807) is 0 Å². The molecule has 0 atom stereocenters. The van der Waals surface area contributed by atoms with Gasteiger partial charge in [0.2, 0.25) is 0 Å². The summed E-state index contributed by atoms with van der Waals surface area (Å²) in [5.74, 6) is 1.14. The van der Waals surface area contributed by atoms with Crippen LogP contribution in [0.3, 0.4) is 0 Å². The van der Waals surface area contributed by atoms with Crippen LogP contribution < -0.4 is 10.3 Å². The van der Waals surface area contributed by atoms with Gasteiger partial charge in [-0.1, -0.05) is 24.3 Å². The van der Waals surface area contributed by atoms with Gasteiger partial charge in [-0.2, -0.15) is 0 Å². The van der Waals surface area contributed by atoms with Crippen molar-refractivity contribution in [3.63, 3.8) is 0 Å². The third kappa shape index (κ3) is 3.08. The number of aromatic nitrogens is 2. The number of aryl methyl sites for hydroxylation is 2. The molecule has 108 valence electrons. The molecule has 0 radical (unpaired) electrons. The minimum absolute atomic E-state index is 0.348. The Kier molecular flexibility index (Phi) is 4.26. The standard InChI is InChI=1S/C16H24N3O/c1-16(2,15-18(3)9-10-19(15)4)20-12-14-7-5-13(11-17)6-8-14/h5-10H,11-12,17H2,1-4H3/q+1. The molecule has 0 aliphatic heterocycles. The van der Waals surface area contributed by atoms with Crippen LogP contribution in [0.4, 0.5) is 0 Å². The molecule has 4 heteroatoms. The zero-order valence-electron chi connectivity index (χ0n) is 12.8. The van der Waals surface area contributed by atoms with Crippen LogP contribution in [0.15, 0.2) is 36.7 Å². The number of hydrogen-bond acceptors (Lipinski definition) is 2. The molecule has 0 bridgehead atoms. The van der Waals surface area contributed by atoms with Gasteiger partial charge in [-0.05, 0) is 25.0 Å². The Bertz CT molecular complexity index is 550. The maximum atomic E-state index is 6.12. The van der Waals surface area contributed by atoms with E-state index in [2.05, 4.69) is 35.1 Å². The zero-order chi connectivity index (χ0) is 14.8. The molecule has 1 heterocycles. The highest BCUT2D eigenvalue weighted by Crippen LogP contribution is 2.23. The Balaban J connectivity index is 2.08. The molecule has 20 heavy (non-hydrogen) atoms. The van der Waals surface area contributed by atoms with Crippen molar-refractivity contribution in [3.05, 3.63) is 53.6 Å². The summed E-state index contributed by atoms with van der Waals surface area (Å²) in [7, 11) is 4.08. The maximum absolute atomic E-state index is 6.12. The van der Waals surface area contributed by atoms with Crippen LogP contribution in [-0.2, 0) is 37.6 Å². The van der Waals surface area contributed by atoms with Crippen LogP contribution >= 0.6 is 0 Å². The van der Waals surface area contributed by atoms with E-state index in [-0.39, 0.29) is 5.60 Å². The van der Waals surface area contributed by atoms with Gasteiger partial charge in [-0.15, -0.1) is 0 Å². The molecule has 0 unspecified atom stereocenters. The largest absolute Gasteiger partial charge is 0.358 e. The molecular weight excluding hydrogens is 250 g/mol. The molecule has 4 nitrogen and oxygen atoms in total. The molecule has 2 aromatic rings. The van der Waals surface area contributed by atoms with E-state index >= 15 is 0 Å². The van der Waals surface area contributed by atoms with Crippen LogP contribution in [-0.4, -0.2) is 4.57 Å². The highest BCUT2D eigenvalue weighted by molar-refractivity contribution is 5.21. The fourth-order valence-electron chi connectivity index (χ4n) is 2.54. The van der Waals surface area contributed by atoms with Crippen molar-refractivity contribution < 1.29 is 9.30 Å². The average molecular weight is 274 g/mol. The molecule has 0 amide bonds. The minimum Gasteiger partial charge on any atom is -0.358 e. The van der Waals surface area contributed by atoms with Gasteiger partial charge in [0.1, 0.15) is 12.4 Å². The Labute approximate surface area is 120 Å². The molecule has 2 N–H and O–H groups in total. The van der Waals surface area contributed by atoms with Crippen LogP contribution in [0.1, 0.15) is 30.8 Å². The Morgan fingerprint density at radius 3 is 2.30 bits per heavy atom. The van der Waals surface area contributed by atoms with Crippen molar-refractivity contribution in [3.8, 4) is 0 Å². The van der Waals surface area contributed by atoms with Crippen LogP contribution in [0.2, 0.25) is 0 Å². The first-order valence-corrected chi connectivity index (χ1v) is 6.87. The van der Waals surface area contributed by atoms with E-state index in [0.29, 0.717) is 13.2 Å². The van der Waals surface area contributed by atoms with Gasteiger partial charge in [0.05, 0.1) is 20.7 Å². The molecule has 0 fully saturated rings. The highest BCUT2D eigenvalue weighted by Gasteiger charge is 2.33. The lowest BCUT2D eigenvalue weighted by atomic mass is 10.1. The van der Waals surface area contributed by atoms with Crippen LogP contribution in [0.5, 0.6) is 0 Å². The molecule has 0 aliphatic rings. The topological polar surface area (TPSA) is 44.1 Å². The normalized spacial score (nSPS) is 11.8. The molecule has 0 saturated carbocycles. The summed E-state index contributed by atoms with van der Waals surface area (Å²) < 4.78 is 10.3. The SMILES string of the molecule is Cn1cc[n+](C)c1C(C)(C)OCc1ccc(CN)cc1. The average Bonchev–Trinajstić information content (AvgIpc) is 2.77. The maximum Gasteiger partial charge on any atom is 0.288 e. The number of nitrogens with two attached hydrogens (primary N) is 1. The summed E-state index contributed by atoms with van der Waals surface area (Å²) in [6, 6.07) is 8.24. The van der Waals surface area contributed by atoms with Crippen LogP contribution in [0, 0.1) is 0 Å². The Morgan fingerprint density at radius 1 is 1.20 bits per heavy atom. The summed E-state index contributed by atoms with van der Waals surface area (Å²) in [5, 5.41) is 0. The van der Waals surface area contributed by atoms with Gasteiger partial charge < -0.3 is 10.5 Å². The molecule has 1 aromatic carbocycles. The van der Waals surface area contributed by atoms with E-state index < -0.39 is 0 Å². The molecule has 1 aromatic heterocycles. The number of hydrogen-bond donors (Lipinski definition) is 1. The lowest BCUT2D eigenvalue weighted by Crippen LogP contribution is -2.41. The van der Waals surface area contributed by atoms with Gasteiger partial charge in [0.25, 0.3) is 5.82 Å². The summed E-state index contributed by atoms with van der Waals surface area (Å²) in [4.78, 5) is 0. The third-order valence-corrected chi connectivity index (χ3v) is 3.58. The van der Waals surface area contributed by atoms with E-state index in [9.17, 15) is 0 Å². The van der Waals surface area contributed by atoms with E-state index in [4.69, 9.17) is 10.5 Å². The quantitative estimate of drug-likeness (QED) is 0.844. The van der Waals surface area contributed by atoms with Gasteiger partial charge >= 0.3 is 0 Å². The number of rotatable bonds is 5.